The number of halogens is 6. The van der Waals surface area contributed by atoms with Gasteiger partial charge in [0.2, 0.25) is 11.7 Å². The molecule has 4 N–H and O–H groups in total. The molecule has 2 rings (SSSR count). The maximum absolute atomic E-state index is 15.1. The number of hydrogen-bond donors (Lipinski definition) is 3. The minimum atomic E-state index is -5.16. The van der Waals surface area contributed by atoms with Crippen molar-refractivity contribution >= 4 is 17.6 Å². The van der Waals surface area contributed by atoms with Crippen LogP contribution >= 0.6 is 0 Å². The molecule has 0 radical (unpaired) electrons. The zero-order chi connectivity index (χ0) is 27.5. The molecule has 0 spiro atoms. The highest BCUT2D eigenvalue weighted by Gasteiger charge is 2.57. The van der Waals surface area contributed by atoms with Gasteiger partial charge < -0.3 is 11.1 Å². The lowest BCUT2D eigenvalue weighted by molar-refractivity contribution is -0.174. The minimum Gasteiger partial charge on any atom is -0.368 e. The molecule has 202 valence electrons. The standard InChI is InChI=1S/C24H31F6N3O3/c1-4-17(18(34)20(35)32-16-9-10-16)23(21(31)36,12-22(26,27)11-13(2)3)33-19(24(28,29)30)14-5-7-15(25)8-6-14/h5-8,13,16-17,19,33H,4,9-12H2,1-3H3,(H2,31,36)(H,32,35)/t17-,19+,23?/m1/s1. The lowest BCUT2D eigenvalue weighted by Crippen LogP contribution is -2.67. The molecule has 1 aromatic carbocycles. The van der Waals surface area contributed by atoms with Gasteiger partial charge in [-0.1, -0.05) is 32.9 Å². The summed E-state index contributed by atoms with van der Waals surface area (Å²) in [5.74, 6) is -11.3. The summed E-state index contributed by atoms with van der Waals surface area (Å²) in [5.41, 5.74) is 1.94. The van der Waals surface area contributed by atoms with Crippen molar-refractivity contribution in [3.05, 3.63) is 35.6 Å². The number of hydrogen-bond acceptors (Lipinski definition) is 4. The van der Waals surface area contributed by atoms with Crippen LogP contribution in [-0.4, -0.2) is 41.3 Å². The molecule has 1 aliphatic rings. The van der Waals surface area contributed by atoms with E-state index >= 15 is 8.78 Å². The van der Waals surface area contributed by atoms with Crippen LogP contribution in [0.15, 0.2) is 24.3 Å². The third-order valence-electron chi connectivity index (χ3n) is 6.07. The third kappa shape index (κ3) is 7.44. The van der Waals surface area contributed by atoms with Crippen LogP contribution in [0.5, 0.6) is 0 Å². The van der Waals surface area contributed by atoms with E-state index in [1.165, 1.54) is 20.8 Å². The van der Waals surface area contributed by atoms with Crippen molar-refractivity contribution in [2.24, 2.45) is 17.6 Å². The summed E-state index contributed by atoms with van der Waals surface area (Å²) < 4.78 is 86.2. The number of Topliss-reactive ketones (excluding diaryl/α,β-unsaturated/α-hetero) is 1. The van der Waals surface area contributed by atoms with E-state index < -0.39 is 83.8 Å². The van der Waals surface area contributed by atoms with Gasteiger partial charge in [0.1, 0.15) is 17.4 Å². The van der Waals surface area contributed by atoms with Crippen molar-refractivity contribution in [1.29, 1.82) is 0 Å². The first kappa shape index (κ1) is 29.6. The number of nitrogens with two attached hydrogens (primary N) is 1. The van der Waals surface area contributed by atoms with Gasteiger partial charge in [-0.15, -0.1) is 0 Å². The normalized spacial score (nSPS) is 17.8. The molecule has 0 saturated heterocycles. The van der Waals surface area contributed by atoms with Crippen molar-refractivity contribution in [3.63, 3.8) is 0 Å². The van der Waals surface area contributed by atoms with E-state index in [4.69, 9.17) is 5.73 Å². The molecule has 1 aromatic rings. The summed E-state index contributed by atoms with van der Waals surface area (Å²) in [6, 6.07) is -0.0446. The van der Waals surface area contributed by atoms with Crippen molar-refractivity contribution in [2.75, 3.05) is 0 Å². The molecule has 1 fully saturated rings. The molecule has 0 aromatic heterocycles. The second-order valence-corrected chi connectivity index (χ2v) is 9.71. The third-order valence-corrected chi connectivity index (χ3v) is 6.07. The molecule has 1 saturated carbocycles. The summed E-state index contributed by atoms with van der Waals surface area (Å²) in [6.07, 6.45) is -6.79. The second kappa shape index (κ2) is 11.2. The van der Waals surface area contributed by atoms with Crippen LogP contribution in [0.4, 0.5) is 26.3 Å². The topological polar surface area (TPSA) is 101 Å². The van der Waals surface area contributed by atoms with Crippen LogP contribution in [-0.2, 0) is 14.4 Å². The van der Waals surface area contributed by atoms with Gasteiger partial charge in [0.15, 0.2) is 0 Å². The van der Waals surface area contributed by atoms with E-state index in [9.17, 15) is 31.9 Å². The van der Waals surface area contributed by atoms with Crippen LogP contribution < -0.4 is 16.4 Å². The molecular formula is C24H31F6N3O3. The minimum absolute atomic E-state index is 0.306. The first-order chi connectivity index (χ1) is 16.5. The van der Waals surface area contributed by atoms with Crippen LogP contribution in [0.3, 0.4) is 0 Å². The lowest BCUT2D eigenvalue weighted by atomic mass is 9.72. The number of rotatable bonds is 13. The molecule has 1 aliphatic carbocycles. The molecule has 12 heteroatoms. The fourth-order valence-corrected chi connectivity index (χ4v) is 4.35. The summed E-state index contributed by atoms with van der Waals surface area (Å²) in [5, 5.41) is 4.30. The van der Waals surface area contributed by atoms with Crippen LogP contribution in [0.1, 0.15) is 64.5 Å². The Labute approximate surface area is 205 Å². The maximum Gasteiger partial charge on any atom is 0.407 e. The predicted octanol–water partition coefficient (Wildman–Crippen LogP) is 4.19. The largest absolute Gasteiger partial charge is 0.407 e. The fraction of sp³-hybridized carbons (Fsp3) is 0.625. The molecule has 0 heterocycles. The highest BCUT2D eigenvalue weighted by Crippen LogP contribution is 2.42. The van der Waals surface area contributed by atoms with Crippen molar-refractivity contribution in [3.8, 4) is 0 Å². The Kier molecular flexibility index (Phi) is 9.20. The van der Waals surface area contributed by atoms with Gasteiger partial charge in [-0.25, -0.2) is 13.2 Å². The number of primary amides is 1. The van der Waals surface area contributed by atoms with Gasteiger partial charge in [0.25, 0.3) is 11.8 Å². The Morgan fingerprint density at radius 2 is 1.61 bits per heavy atom. The fourth-order valence-electron chi connectivity index (χ4n) is 4.35. The number of carbonyl (C=O) groups is 3. The summed E-state index contributed by atoms with van der Waals surface area (Å²) in [4.78, 5) is 38.4. The van der Waals surface area contributed by atoms with Crippen LogP contribution in [0.2, 0.25) is 0 Å². The summed E-state index contributed by atoms with van der Waals surface area (Å²) in [6.45, 7) is 4.19. The van der Waals surface area contributed by atoms with E-state index in [2.05, 4.69) is 5.32 Å². The summed E-state index contributed by atoms with van der Waals surface area (Å²) in [7, 11) is 0. The Balaban J connectivity index is 2.65. The van der Waals surface area contributed by atoms with Gasteiger partial charge in [-0.05, 0) is 42.9 Å². The number of ketones is 1. The molecule has 0 aliphatic heterocycles. The lowest BCUT2D eigenvalue weighted by Gasteiger charge is -2.43. The maximum atomic E-state index is 15.1. The van der Waals surface area contributed by atoms with E-state index in [1.54, 1.807) is 0 Å². The molecule has 0 bridgehead atoms. The van der Waals surface area contributed by atoms with Gasteiger partial charge in [0.05, 0.1) is 5.92 Å². The zero-order valence-electron chi connectivity index (χ0n) is 20.2. The van der Waals surface area contributed by atoms with E-state index in [-0.39, 0.29) is 6.04 Å². The first-order valence-corrected chi connectivity index (χ1v) is 11.6. The number of alkyl halides is 5. The quantitative estimate of drug-likeness (QED) is 0.267. The monoisotopic (exact) mass is 523 g/mol. The molecule has 36 heavy (non-hydrogen) atoms. The molecular weight excluding hydrogens is 492 g/mol. The smallest absolute Gasteiger partial charge is 0.368 e. The molecule has 6 nitrogen and oxygen atoms in total. The van der Waals surface area contributed by atoms with Gasteiger partial charge in [-0.3, -0.25) is 19.7 Å². The SMILES string of the molecule is CC[C@H](C(=O)C(=O)NC1CC1)C(CC(F)(F)CC(C)C)(N[C@@H](c1ccc(F)cc1)C(F)(F)F)C(N)=O. The Morgan fingerprint density at radius 1 is 1.06 bits per heavy atom. The first-order valence-electron chi connectivity index (χ1n) is 11.6. The molecule has 2 amide bonds. The number of carbonyl (C=O) groups excluding carboxylic acids is 3. The second-order valence-electron chi connectivity index (χ2n) is 9.71. The number of benzene rings is 1. The van der Waals surface area contributed by atoms with Crippen molar-refractivity contribution < 1.29 is 40.7 Å². The Hall–Kier alpha value is -2.63. The van der Waals surface area contributed by atoms with E-state index in [0.717, 1.165) is 24.3 Å². The average molecular weight is 524 g/mol. The Bertz CT molecular complexity index is 947. The van der Waals surface area contributed by atoms with E-state index in [0.29, 0.717) is 12.8 Å². The molecule has 3 atom stereocenters. The zero-order valence-corrected chi connectivity index (χ0v) is 20.2. The highest BCUT2D eigenvalue weighted by atomic mass is 19.4. The Morgan fingerprint density at radius 3 is 2.03 bits per heavy atom. The number of nitrogens with one attached hydrogen (secondary N) is 2. The van der Waals surface area contributed by atoms with Gasteiger partial charge in [-0.2, -0.15) is 13.2 Å². The van der Waals surface area contributed by atoms with Gasteiger partial charge in [0, 0.05) is 18.9 Å². The predicted molar refractivity (Wildman–Crippen MR) is 119 cm³/mol. The summed E-state index contributed by atoms with van der Waals surface area (Å²) >= 11 is 0. The number of amides is 2. The van der Waals surface area contributed by atoms with Crippen LogP contribution in [0, 0.1) is 17.7 Å². The highest BCUT2D eigenvalue weighted by molar-refractivity contribution is 6.37. The molecule has 1 unspecified atom stereocenters. The van der Waals surface area contributed by atoms with Crippen molar-refractivity contribution in [2.45, 2.75) is 82.6 Å². The van der Waals surface area contributed by atoms with Crippen molar-refractivity contribution in [1.82, 2.24) is 10.6 Å². The van der Waals surface area contributed by atoms with Gasteiger partial charge >= 0.3 is 6.18 Å². The van der Waals surface area contributed by atoms with Crippen LogP contribution in [0.25, 0.3) is 0 Å². The average Bonchev–Trinajstić information content (AvgIpc) is 3.54. The van der Waals surface area contributed by atoms with E-state index in [1.807, 2.05) is 5.32 Å².